The van der Waals surface area contributed by atoms with Crippen molar-refractivity contribution in [3.05, 3.63) is 33.8 Å². The Kier molecular flexibility index (Phi) is 4.49. The van der Waals surface area contributed by atoms with Gasteiger partial charge in [-0.05, 0) is 36.7 Å². The molecule has 0 radical (unpaired) electrons. The highest BCUT2D eigenvalue weighted by molar-refractivity contribution is 9.10. The zero-order chi connectivity index (χ0) is 13.8. The van der Waals surface area contributed by atoms with Gasteiger partial charge in [0.1, 0.15) is 5.82 Å². The molecule has 0 aliphatic heterocycles. The van der Waals surface area contributed by atoms with Gasteiger partial charge in [-0.2, -0.15) is 15.0 Å². The fourth-order valence-electron chi connectivity index (χ4n) is 1.30. The number of benzene rings is 1. The molecule has 0 bridgehead atoms. The van der Waals surface area contributed by atoms with Crippen LogP contribution in [-0.4, -0.2) is 21.6 Å². The largest absolute Gasteiger partial charge is 0.464 e. The van der Waals surface area contributed by atoms with E-state index in [1.807, 2.05) is 0 Å². The van der Waals surface area contributed by atoms with Gasteiger partial charge in [-0.3, -0.25) is 0 Å². The Morgan fingerprint density at radius 1 is 1.37 bits per heavy atom. The third-order valence-electron chi connectivity index (χ3n) is 2.04. The molecule has 1 N–H and O–H groups in total. The fraction of sp³-hybridized carbons (Fsp3) is 0.182. The van der Waals surface area contributed by atoms with Crippen molar-refractivity contribution < 1.29 is 9.13 Å². The molecule has 0 fully saturated rings. The molecule has 0 saturated carbocycles. The summed E-state index contributed by atoms with van der Waals surface area (Å²) in [5.41, 5.74) is 0.221. The summed E-state index contributed by atoms with van der Waals surface area (Å²) in [5, 5.41) is 2.69. The second-order valence-electron chi connectivity index (χ2n) is 3.39. The number of anilines is 2. The quantitative estimate of drug-likeness (QED) is 0.916. The second kappa shape index (κ2) is 6.12. The van der Waals surface area contributed by atoms with Crippen molar-refractivity contribution in [2.45, 2.75) is 6.92 Å². The van der Waals surface area contributed by atoms with Gasteiger partial charge in [0.05, 0.1) is 12.3 Å². The monoisotopic (exact) mass is 346 g/mol. The first kappa shape index (κ1) is 14.0. The highest BCUT2D eigenvalue weighted by Crippen LogP contribution is 2.23. The molecule has 0 spiro atoms. The Bertz CT molecular complexity index is 599. The summed E-state index contributed by atoms with van der Waals surface area (Å²) in [7, 11) is 0. The lowest BCUT2D eigenvalue weighted by atomic mass is 10.3. The number of ether oxygens (including phenoxy) is 1. The van der Waals surface area contributed by atoms with Gasteiger partial charge in [-0.15, -0.1) is 0 Å². The van der Waals surface area contributed by atoms with Crippen LogP contribution in [0.5, 0.6) is 6.01 Å². The standard InChI is InChI=1S/C11H9BrClFN4O/c1-2-19-11-17-9(13)16-10(18-11)15-8-5-6(12)3-4-7(8)14/h3-5H,2H2,1H3,(H,15,16,17,18). The number of nitrogens with zero attached hydrogens (tertiary/aromatic N) is 3. The van der Waals surface area contributed by atoms with Crippen LogP contribution < -0.4 is 10.1 Å². The summed E-state index contributed by atoms with van der Waals surface area (Å²) in [4.78, 5) is 11.6. The molecule has 0 aliphatic carbocycles. The Morgan fingerprint density at radius 2 is 2.16 bits per heavy atom. The number of rotatable bonds is 4. The van der Waals surface area contributed by atoms with Gasteiger partial charge in [0.25, 0.3) is 0 Å². The van der Waals surface area contributed by atoms with Crippen LogP contribution in [0.15, 0.2) is 22.7 Å². The molecule has 0 aliphatic rings. The van der Waals surface area contributed by atoms with E-state index >= 15 is 0 Å². The first-order valence-electron chi connectivity index (χ1n) is 5.35. The van der Waals surface area contributed by atoms with E-state index in [2.05, 4.69) is 36.2 Å². The van der Waals surface area contributed by atoms with Crippen LogP contribution in [-0.2, 0) is 0 Å². The average molecular weight is 348 g/mol. The van der Waals surface area contributed by atoms with Crippen LogP contribution in [0.3, 0.4) is 0 Å². The zero-order valence-electron chi connectivity index (χ0n) is 9.82. The molecule has 100 valence electrons. The minimum atomic E-state index is -0.433. The maximum Gasteiger partial charge on any atom is 0.322 e. The van der Waals surface area contributed by atoms with Crippen molar-refractivity contribution in [1.82, 2.24) is 15.0 Å². The summed E-state index contributed by atoms with van der Waals surface area (Å²) in [6, 6.07) is 4.55. The molecule has 2 rings (SSSR count). The number of nitrogens with one attached hydrogen (secondary N) is 1. The van der Waals surface area contributed by atoms with E-state index in [1.165, 1.54) is 6.07 Å². The third kappa shape index (κ3) is 3.74. The predicted octanol–water partition coefficient (Wildman–Crippen LogP) is 3.57. The van der Waals surface area contributed by atoms with Crippen LogP contribution in [0.4, 0.5) is 16.0 Å². The topological polar surface area (TPSA) is 59.9 Å². The molecule has 0 saturated heterocycles. The van der Waals surface area contributed by atoms with E-state index in [1.54, 1.807) is 19.1 Å². The van der Waals surface area contributed by atoms with Crippen molar-refractivity contribution in [3.8, 4) is 6.01 Å². The van der Waals surface area contributed by atoms with Crippen molar-refractivity contribution in [2.75, 3.05) is 11.9 Å². The van der Waals surface area contributed by atoms with Gasteiger partial charge < -0.3 is 10.1 Å². The number of hydrogen-bond acceptors (Lipinski definition) is 5. The van der Waals surface area contributed by atoms with Crippen molar-refractivity contribution in [1.29, 1.82) is 0 Å². The van der Waals surface area contributed by atoms with Crippen molar-refractivity contribution in [3.63, 3.8) is 0 Å². The molecule has 2 aromatic rings. The predicted molar refractivity (Wildman–Crippen MR) is 73.4 cm³/mol. The molecule has 0 atom stereocenters. The second-order valence-corrected chi connectivity index (χ2v) is 4.65. The molecule has 5 nitrogen and oxygen atoms in total. The van der Waals surface area contributed by atoms with E-state index in [0.717, 1.165) is 4.47 Å². The first-order valence-corrected chi connectivity index (χ1v) is 6.52. The molecule has 0 unspecified atom stereocenters. The Balaban J connectivity index is 2.29. The summed E-state index contributed by atoms with van der Waals surface area (Å²) >= 11 is 8.99. The van der Waals surface area contributed by atoms with Gasteiger partial charge in [-0.25, -0.2) is 4.39 Å². The Morgan fingerprint density at radius 3 is 2.89 bits per heavy atom. The van der Waals surface area contributed by atoms with Crippen LogP contribution in [0.1, 0.15) is 6.92 Å². The van der Waals surface area contributed by atoms with Gasteiger partial charge in [0, 0.05) is 4.47 Å². The third-order valence-corrected chi connectivity index (χ3v) is 2.70. The summed E-state index contributed by atoms with van der Waals surface area (Å²) in [6.45, 7) is 2.18. The van der Waals surface area contributed by atoms with Crippen LogP contribution in [0.25, 0.3) is 0 Å². The number of aromatic nitrogens is 3. The smallest absolute Gasteiger partial charge is 0.322 e. The maximum absolute atomic E-state index is 13.6. The molecule has 1 heterocycles. The van der Waals surface area contributed by atoms with Gasteiger partial charge in [0.15, 0.2) is 0 Å². The lowest BCUT2D eigenvalue weighted by Gasteiger charge is -2.08. The molecule has 1 aromatic heterocycles. The number of hydrogen-bond donors (Lipinski definition) is 1. The minimum Gasteiger partial charge on any atom is -0.464 e. The SMILES string of the molecule is CCOc1nc(Cl)nc(Nc2cc(Br)ccc2F)n1. The van der Waals surface area contributed by atoms with Crippen LogP contribution in [0, 0.1) is 5.82 Å². The maximum atomic E-state index is 13.6. The molecular weight excluding hydrogens is 339 g/mol. The van der Waals surface area contributed by atoms with E-state index in [4.69, 9.17) is 16.3 Å². The van der Waals surface area contributed by atoms with E-state index < -0.39 is 5.82 Å². The average Bonchev–Trinajstić information content (AvgIpc) is 2.33. The van der Waals surface area contributed by atoms with Crippen LogP contribution >= 0.6 is 27.5 Å². The zero-order valence-corrected chi connectivity index (χ0v) is 12.2. The Hall–Kier alpha value is -1.47. The van der Waals surface area contributed by atoms with Crippen LogP contribution in [0.2, 0.25) is 5.28 Å². The van der Waals surface area contributed by atoms with E-state index in [9.17, 15) is 4.39 Å². The lowest BCUT2D eigenvalue weighted by Crippen LogP contribution is -2.04. The highest BCUT2D eigenvalue weighted by Gasteiger charge is 2.09. The first-order chi connectivity index (χ1) is 9.08. The summed E-state index contributed by atoms with van der Waals surface area (Å²) < 4.78 is 19.4. The molecule has 0 amide bonds. The molecule has 8 heteroatoms. The van der Waals surface area contributed by atoms with Gasteiger partial charge in [-0.1, -0.05) is 15.9 Å². The fourth-order valence-corrected chi connectivity index (χ4v) is 1.81. The summed E-state index contributed by atoms with van der Waals surface area (Å²) in [5.74, 6) is -0.321. The lowest BCUT2D eigenvalue weighted by molar-refractivity contribution is 0.312. The van der Waals surface area contributed by atoms with Gasteiger partial charge >= 0.3 is 6.01 Å². The number of halogens is 3. The minimum absolute atomic E-state index is 0.0312. The van der Waals surface area contributed by atoms with E-state index in [-0.39, 0.29) is 22.9 Å². The van der Waals surface area contributed by atoms with Gasteiger partial charge in [0.2, 0.25) is 11.2 Å². The van der Waals surface area contributed by atoms with Crippen molar-refractivity contribution in [2.24, 2.45) is 0 Å². The molecular formula is C11H9BrClFN4O. The molecule has 19 heavy (non-hydrogen) atoms. The van der Waals surface area contributed by atoms with E-state index in [0.29, 0.717) is 6.61 Å². The summed E-state index contributed by atoms with van der Waals surface area (Å²) in [6.07, 6.45) is 0. The Labute approximate surface area is 122 Å². The van der Waals surface area contributed by atoms with Crippen molar-refractivity contribution >= 4 is 39.2 Å². The molecule has 1 aromatic carbocycles. The normalized spacial score (nSPS) is 10.3. The highest BCUT2D eigenvalue weighted by atomic mass is 79.9.